The number of ether oxygens (including phenoxy) is 1. The first kappa shape index (κ1) is 19.8. The molecule has 29 heavy (non-hydrogen) atoms. The van der Waals surface area contributed by atoms with Crippen LogP contribution in [0.2, 0.25) is 0 Å². The van der Waals surface area contributed by atoms with Crippen molar-refractivity contribution in [2.24, 2.45) is 0 Å². The van der Waals surface area contributed by atoms with Gasteiger partial charge in [0.15, 0.2) is 0 Å². The number of carbonyl (C=O) groups excluding carboxylic acids is 1. The zero-order chi connectivity index (χ0) is 21.0. The standard InChI is InChI=1S/C21H18N2O6/c1-29-19-10-9-15(23(27)28)11-14(19)12-18(21(25)26)22-20(24)17-8-4-6-13-5-2-3-7-16(13)17/h2-11,18H,12H2,1H3,(H,22,24)(H,25,26)/t18-/m1/s1. The van der Waals surface area contributed by atoms with Gasteiger partial charge in [0.05, 0.1) is 12.0 Å². The number of nitrogens with zero attached hydrogens (tertiary/aromatic N) is 1. The van der Waals surface area contributed by atoms with Gasteiger partial charge < -0.3 is 15.2 Å². The number of nitrogens with one attached hydrogen (secondary N) is 1. The molecular weight excluding hydrogens is 376 g/mol. The Morgan fingerprint density at radius 2 is 1.86 bits per heavy atom. The van der Waals surface area contributed by atoms with E-state index < -0.39 is 22.8 Å². The van der Waals surface area contributed by atoms with Crippen LogP contribution in [0.25, 0.3) is 10.8 Å². The van der Waals surface area contributed by atoms with Crippen molar-refractivity contribution in [3.05, 3.63) is 81.9 Å². The topological polar surface area (TPSA) is 119 Å². The minimum Gasteiger partial charge on any atom is -0.496 e. The number of methoxy groups -OCH3 is 1. The van der Waals surface area contributed by atoms with E-state index in [1.165, 1.54) is 25.3 Å². The summed E-state index contributed by atoms with van der Waals surface area (Å²) in [6, 6.07) is 15.1. The Kier molecular flexibility index (Phi) is 5.73. The summed E-state index contributed by atoms with van der Waals surface area (Å²) < 4.78 is 5.18. The summed E-state index contributed by atoms with van der Waals surface area (Å²) in [5.41, 5.74) is 0.470. The number of amides is 1. The maximum atomic E-state index is 12.8. The number of carboxylic acids is 1. The van der Waals surface area contributed by atoms with Gasteiger partial charge in [0.1, 0.15) is 11.8 Å². The number of non-ortho nitro benzene ring substituents is 1. The lowest BCUT2D eigenvalue weighted by atomic mass is 10.0. The summed E-state index contributed by atoms with van der Waals surface area (Å²) in [5, 5.41) is 24.7. The molecule has 1 atom stereocenters. The average molecular weight is 394 g/mol. The van der Waals surface area contributed by atoms with Crippen molar-refractivity contribution < 1.29 is 24.4 Å². The molecule has 0 bridgehead atoms. The highest BCUT2D eigenvalue weighted by atomic mass is 16.6. The third-order valence-corrected chi connectivity index (χ3v) is 4.54. The molecule has 0 saturated carbocycles. The Bertz CT molecular complexity index is 1090. The number of rotatable bonds is 7. The molecule has 8 nitrogen and oxygen atoms in total. The maximum absolute atomic E-state index is 12.8. The van der Waals surface area contributed by atoms with Crippen LogP contribution in [0.4, 0.5) is 5.69 Å². The molecule has 2 N–H and O–H groups in total. The largest absolute Gasteiger partial charge is 0.496 e. The Labute approximate surface area is 165 Å². The Morgan fingerprint density at radius 1 is 1.14 bits per heavy atom. The number of aliphatic carboxylic acids is 1. The molecule has 0 fully saturated rings. The number of hydrogen-bond acceptors (Lipinski definition) is 5. The zero-order valence-electron chi connectivity index (χ0n) is 15.5. The van der Waals surface area contributed by atoms with E-state index in [1.54, 1.807) is 24.3 Å². The van der Waals surface area contributed by atoms with Crippen molar-refractivity contribution in [3.8, 4) is 5.75 Å². The highest BCUT2D eigenvalue weighted by Crippen LogP contribution is 2.25. The van der Waals surface area contributed by atoms with Crippen LogP contribution in [0.5, 0.6) is 5.75 Å². The first-order valence-corrected chi connectivity index (χ1v) is 8.73. The van der Waals surface area contributed by atoms with Crippen LogP contribution in [0, 0.1) is 10.1 Å². The van der Waals surface area contributed by atoms with E-state index in [1.807, 2.05) is 18.2 Å². The molecule has 3 rings (SSSR count). The molecule has 3 aromatic rings. The van der Waals surface area contributed by atoms with Crippen LogP contribution in [-0.2, 0) is 11.2 Å². The fourth-order valence-corrected chi connectivity index (χ4v) is 3.12. The number of nitro groups is 1. The van der Waals surface area contributed by atoms with Crippen molar-refractivity contribution in [1.82, 2.24) is 5.32 Å². The predicted molar refractivity (Wildman–Crippen MR) is 106 cm³/mol. The Balaban J connectivity index is 1.89. The van der Waals surface area contributed by atoms with Gasteiger partial charge in [0.2, 0.25) is 0 Å². The van der Waals surface area contributed by atoms with Gasteiger partial charge in [0, 0.05) is 29.7 Å². The summed E-state index contributed by atoms with van der Waals surface area (Å²) in [5.74, 6) is -1.49. The van der Waals surface area contributed by atoms with Gasteiger partial charge in [-0.25, -0.2) is 4.79 Å². The van der Waals surface area contributed by atoms with Gasteiger partial charge in [-0.3, -0.25) is 14.9 Å². The van der Waals surface area contributed by atoms with Gasteiger partial charge in [0.25, 0.3) is 11.6 Å². The van der Waals surface area contributed by atoms with Crippen molar-refractivity contribution in [2.45, 2.75) is 12.5 Å². The van der Waals surface area contributed by atoms with E-state index in [0.717, 1.165) is 5.39 Å². The third-order valence-electron chi connectivity index (χ3n) is 4.54. The normalized spacial score (nSPS) is 11.6. The third kappa shape index (κ3) is 4.32. The minimum atomic E-state index is -1.29. The number of benzene rings is 3. The summed E-state index contributed by atoms with van der Waals surface area (Å²) in [6.07, 6.45) is -0.170. The molecule has 3 aromatic carbocycles. The molecule has 8 heteroatoms. The molecule has 0 heterocycles. The summed E-state index contributed by atoms with van der Waals surface area (Å²) in [4.78, 5) is 35.0. The Morgan fingerprint density at radius 3 is 2.55 bits per heavy atom. The monoisotopic (exact) mass is 394 g/mol. The Hall–Kier alpha value is -3.94. The molecule has 1 amide bonds. The van der Waals surface area contributed by atoms with Crippen LogP contribution in [0.3, 0.4) is 0 Å². The number of carboxylic acid groups (broad SMARTS) is 1. The molecule has 0 aromatic heterocycles. The predicted octanol–water partition coefficient (Wildman–Crippen LogP) is 3.18. The zero-order valence-corrected chi connectivity index (χ0v) is 15.5. The summed E-state index contributed by atoms with van der Waals surface area (Å²) in [6.45, 7) is 0. The fraction of sp³-hybridized carbons (Fsp3) is 0.143. The van der Waals surface area contributed by atoms with Crippen LogP contribution >= 0.6 is 0 Å². The average Bonchev–Trinajstić information content (AvgIpc) is 2.72. The SMILES string of the molecule is COc1ccc([N+](=O)[O-])cc1C[C@@H](NC(=O)c1cccc2ccccc12)C(=O)O. The molecule has 0 aliphatic carbocycles. The smallest absolute Gasteiger partial charge is 0.326 e. The van der Waals surface area contributed by atoms with Crippen molar-refractivity contribution in [2.75, 3.05) is 7.11 Å². The first-order valence-electron chi connectivity index (χ1n) is 8.73. The molecule has 0 saturated heterocycles. The van der Waals surface area contributed by atoms with Crippen molar-refractivity contribution in [3.63, 3.8) is 0 Å². The lowest BCUT2D eigenvalue weighted by Crippen LogP contribution is -2.42. The highest BCUT2D eigenvalue weighted by molar-refractivity contribution is 6.07. The lowest BCUT2D eigenvalue weighted by Gasteiger charge is -2.17. The van der Waals surface area contributed by atoms with Crippen LogP contribution in [0.1, 0.15) is 15.9 Å². The van der Waals surface area contributed by atoms with E-state index in [4.69, 9.17) is 4.74 Å². The fourth-order valence-electron chi connectivity index (χ4n) is 3.12. The van der Waals surface area contributed by atoms with Crippen molar-refractivity contribution in [1.29, 1.82) is 0 Å². The van der Waals surface area contributed by atoms with E-state index in [2.05, 4.69) is 5.32 Å². The number of nitro benzene ring substituents is 1. The number of carbonyl (C=O) groups is 2. The molecule has 0 unspecified atom stereocenters. The molecule has 0 aliphatic rings. The van der Waals surface area contributed by atoms with Gasteiger partial charge in [-0.1, -0.05) is 36.4 Å². The van der Waals surface area contributed by atoms with E-state index in [9.17, 15) is 24.8 Å². The second-order valence-electron chi connectivity index (χ2n) is 6.35. The van der Waals surface area contributed by atoms with Crippen LogP contribution in [0.15, 0.2) is 60.7 Å². The van der Waals surface area contributed by atoms with E-state index in [0.29, 0.717) is 22.3 Å². The summed E-state index contributed by atoms with van der Waals surface area (Å²) in [7, 11) is 1.38. The first-order chi connectivity index (χ1) is 13.9. The molecular formula is C21H18N2O6. The second-order valence-corrected chi connectivity index (χ2v) is 6.35. The molecule has 148 valence electrons. The minimum absolute atomic E-state index is 0.170. The molecule has 0 spiro atoms. The van der Waals surface area contributed by atoms with Crippen molar-refractivity contribution >= 4 is 28.3 Å². The highest BCUT2D eigenvalue weighted by Gasteiger charge is 2.24. The lowest BCUT2D eigenvalue weighted by molar-refractivity contribution is -0.384. The number of fused-ring (bicyclic) bond motifs is 1. The van der Waals surface area contributed by atoms with Gasteiger partial charge in [-0.15, -0.1) is 0 Å². The van der Waals surface area contributed by atoms with Crippen LogP contribution in [-0.4, -0.2) is 35.1 Å². The van der Waals surface area contributed by atoms with E-state index >= 15 is 0 Å². The van der Waals surface area contributed by atoms with Gasteiger partial charge in [-0.2, -0.15) is 0 Å². The maximum Gasteiger partial charge on any atom is 0.326 e. The van der Waals surface area contributed by atoms with Crippen LogP contribution < -0.4 is 10.1 Å². The second kappa shape index (κ2) is 8.39. The van der Waals surface area contributed by atoms with E-state index in [-0.39, 0.29) is 12.1 Å². The molecule has 0 aliphatic heterocycles. The summed E-state index contributed by atoms with van der Waals surface area (Å²) >= 11 is 0. The van der Waals surface area contributed by atoms with Gasteiger partial charge in [-0.05, 0) is 22.9 Å². The number of hydrogen-bond donors (Lipinski definition) is 2. The molecule has 0 radical (unpaired) electrons. The van der Waals surface area contributed by atoms with Gasteiger partial charge >= 0.3 is 5.97 Å². The quantitative estimate of drug-likeness (QED) is 0.469.